The average Bonchev–Trinajstić information content (AvgIpc) is 2.18. The van der Waals surface area contributed by atoms with Crippen LogP contribution in [-0.2, 0) is 6.42 Å². The van der Waals surface area contributed by atoms with Crippen molar-refractivity contribution in [1.82, 2.24) is 0 Å². The highest BCUT2D eigenvalue weighted by Crippen LogP contribution is 2.36. The predicted octanol–water partition coefficient (Wildman–Crippen LogP) is 2.02. The number of fused-ring (bicyclic) bond motifs is 1. The van der Waals surface area contributed by atoms with E-state index < -0.39 is 7.12 Å². The molecule has 1 aliphatic rings. The highest BCUT2D eigenvalue weighted by atomic mass is 16.5. The van der Waals surface area contributed by atoms with E-state index in [-0.39, 0.29) is 11.6 Å². The second-order valence-corrected chi connectivity index (χ2v) is 3.93. The zero-order valence-electron chi connectivity index (χ0n) is 8.60. The van der Waals surface area contributed by atoms with Crippen molar-refractivity contribution < 1.29 is 14.8 Å². The van der Waals surface area contributed by atoms with Gasteiger partial charge in [0.25, 0.3) is 0 Å². The van der Waals surface area contributed by atoms with Crippen molar-refractivity contribution in [3.05, 3.63) is 35.9 Å². The first-order valence-electron chi connectivity index (χ1n) is 4.94. The first-order valence-corrected chi connectivity index (χ1v) is 4.94. The summed E-state index contributed by atoms with van der Waals surface area (Å²) in [5.41, 5.74) is 1.55. The van der Waals surface area contributed by atoms with Gasteiger partial charge >= 0.3 is 7.12 Å². The van der Waals surface area contributed by atoms with Crippen molar-refractivity contribution >= 4 is 12.9 Å². The van der Waals surface area contributed by atoms with Gasteiger partial charge in [0.05, 0.1) is 5.56 Å². The first kappa shape index (κ1) is 10.1. The monoisotopic (exact) mass is 204 g/mol. The van der Waals surface area contributed by atoms with Gasteiger partial charge in [-0.3, -0.25) is 0 Å². The number of hydrogen-bond acceptors (Lipinski definition) is 3. The molecule has 3 nitrogen and oxygen atoms in total. The van der Waals surface area contributed by atoms with Crippen LogP contribution >= 0.6 is 0 Å². The van der Waals surface area contributed by atoms with E-state index in [1.807, 2.05) is 19.1 Å². The third kappa shape index (κ3) is 1.73. The van der Waals surface area contributed by atoms with Crippen LogP contribution in [0.1, 0.15) is 18.1 Å². The normalized spacial score (nSPS) is 19.3. The Morgan fingerprint density at radius 1 is 1.60 bits per heavy atom. The minimum absolute atomic E-state index is 0.0337. The molecule has 0 radical (unpaired) electrons. The maximum absolute atomic E-state index is 9.60. The highest BCUT2D eigenvalue weighted by molar-refractivity contribution is 6.46. The number of aliphatic hydroxyl groups is 1. The average molecular weight is 204 g/mol. The molecule has 0 aromatic heterocycles. The minimum atomic E-state index is -0.807. The van der Waals surface area contributed by atoms with Crippen molar-refractivity contribution in [2.24, 2.45) is 0 Å². The molecule has 1 aromatic carbocycles. The Labute approximate surface area is 89.2 Å². The largest absolute Gasteiger partial charge is 0.535 e. The summed E-state index contributed by atoms with van der Waals surface area (Å²) in [5.74, 6) is 0.587. The van der Waals surface area contributed by atoms with Gasteiger partial charge in [-0.05, 0) is 18.1 Å². The lowest BCUT2D eigenvalue weighted by Crippen LogP contribution is -2.32. The standard InChI is InChI=1S/C11H13BO3/c1-7-6-9-4-3-5-10(8(2)13)11(9)15-12(7)14/h3-5,7,13-14H,2,6H2,1H3/t7-/m1/s1. The van der Waals surface area contributed by atoms with Crippen LogP contribution < -0.4 is 4.65 Å². The lowest BCUT2D eigenvalue weighted by molar-refractivity contribution is 0.376. The molecular formula is C11H13BO3. The number of para-hydroxylation sites is 1. The Bertz CT molecular complexity index is 403. The molecule has 1 aromatic rings. The Morgan fingerprint density at radius 2 is 2.33 bits per heavy atom. The lowest BCUT2D eigenvalue weighted by atomic mass is 9.68. The molecule has 2 N–H and O–H groups in total. The fourth-order valence-corrected chi connectivity index (χ4v) is 1.80. The molecule has 1 heterocycles. The van der Waals surface area contributed by atoms with Crippen molar-refractivity contribution in [3.63, 3.8) is 0 Å². The van der Waals surface area contributed by atoms with Crippen LogP contribution in [-0.4, -0.2) is 17.2 Å². The van der Waals surface area contributed by atoms with Crippen LogP contribution in [0.2, 0.25) is 5.82 Å². The second-order valence-electron chi connectivity index (χ2n) is 3.93. The van der Waals surface area contributed by atoms with Crippen LogP contribution in [0.5, 0.6) is 5.75 Å². The van der Waals surface area contributed by atoms with Crippen molar-refractivity contribution in [1.29, 1.82) is 0 Å². The van der Waals surface area contributed by atoms with E-state index in [4.69, 9.17) is 4.65 Å². The van der Waals surface area contributed by atoms with Crippen molar-refractivity contribution in [3.8, 4) is 5.75 Å². The Hall–Kier alpha value is -1.42. The summed E-state index contributed by atoms with van der Waals surface area (Å²) in [6.07, 6.45) is 0.748. The van der Waals surface area contributed by atoms with E-state index in [9.17, 15) is 10.1 Å². The summed E-state index contributed by atoms with van der Waals surface area (Å²) in [6.45, 7) is 5.40. The number of aliphatic hydroxyl groups excluding tert-OH is 1. The predicted molar refractivity (Wildman–Crippen MR) is 59.8 cm³/mol. The van der Waals surface area contributed by atoms with E-state index in [0.29, 0.717) is 11.3 Å². The molecule has 0 amide bonds. The summed E-state index contributed by atoms with van der Waals surface area (Å²) in [5, 5.41) is 19.0. The van der Waals surface area contributed by atoms with E-state index in [1.54, 1.807) is 6.07 Å². The molecule has 0 bridgehead atoms. The fraction of sp³-hybridized carbons (Fsp3) is 0.273. The molecule has 78 valence electrons. The molecule has 0 saturated heterocycles. The molecule has 0 saturated carbocycles. The highest BCUT2D eigenvalue weighted by Gasteiger charge is 2.32. The third-order valence-electron chi connectivity index (χ3n) is 2.67. The summed E-state index contributed by atoms with van der Waals surface area (Å²) in [7, 11) is -0.807. The Morgan fingerprint density at radius 3 is 3.00 bits per heavy atom. The van der Waals surface area contributed by atoms with Crippen LogP contribution in [0.3, 0.4) is 0 Å². The Kier molecular flexibility index (Phi) is 2.44. The van der Waals surface area contributed by atoms with Gasteiger partial charge in [0.2, 0.25) is 0 Å². The van der Waals surface area contributed by atoms with Crippen LogP contribution in [0, 0.1) is 0 Å². The van der Waals surface area contributed by atoms with Gasteiger partial charge in [-0.25, -0.2) is 0 Å². The molecule has 4 heteroatoms. The quantitative estimate of drug-likeness (QED) is 0.543. The maximum atomic E-state index is 9.60. The Balaban J connectivity index is 2.48. The van der Waals surface area contributed by atoms with Gasteiger partial charge in [-0.15, -0.1) is 0 Å². The van der Waals surface area contributed by atoms with Crippen molar-refractivity contribution in [2.45, 2.75) is 19.2 Å². The summed E-state index contributed by atoms with van der Waals surface area (Å²) >= 11 is 0. The molecule has 0 aliphatic carbocycles. The molecule has 1 atom stereocenters. The fourth-order valence-electron chi connectivity index (χ4n) is 1.80. The van der Waals surface area contributed by atoms with E-state index in [2.05, 4.69) is 6.58 Å². The van der Waals surface area contributed by atoms with Crippen LogP contribution in [0.4, 0.5) is 0 Å². The molecule has 0 fully saturated rings. The van der Waals surface area contributed by atoms with Gasteiger partial charge in [0.1, 0.15) is 11.5 Å². The zero-order valence-corrected chi connectivity index (χ0v) is 8.60. The second kappa shape index (κ2) is 3.63. The van der Waals surface area contributed by atoms with Gasteiger partial charge in [-0.2, -0.15) is 0 Å². The van der Waals surface area contributed by atoms with Gasteiger partial charge < -0.3 is 14.8 Å². The zero-order chi connectivity index (χ0) is 11.0. The summed E-state index contributed by atoms with van der Waals surface area (Å²) in [6, 6.07) is 5.51. The van der Waals surface area contributed by atoms with E-state index >= 15 is 0 Å². The van der Waals surface area contributed by atoms with Gasteiger partial charge in [-0.1, -0.05) is 25.6 Å². The number of rotatable bonds is 1. The topological polar surface area (TPSA) is 49.7 Å². The molecule has 0 unspecified atom stereocenters. The molecular weight excluding hydrogens is 191 g/mol. The molecule has 0 spiro atoms. The smallest absolute Gasteiger partial charge is 0.525 e. The van der Waals surface area contributed by atoms with E-state index in [1.165, 1.54) is 0 Å². The summed E-state index contributed by atoms with van der Waals surface area (Å²) < 4.78 is 5.37. The molecule has 15 heavy (non-hydrogen) atoms. The van der Waals surface area contributed by atoms with Crippen molar-refractivity contribution in [2.75, 3.05) is 0 Å². The summed E-state index contributed by atoms with van der Waals surface area (Å²) in [4.78, 5) is 0. The van der Waals surface area contributed by atoms with Crippen LogP contribution in [0.15, 0.2) is 24.8 Å². The maximum Gasteiger partial charge on any atom is 0.525 e. The van der Waals surface area contributed by atoms with Crippen LogP contribution in [0.25, 0.3) is 5.76 Å². The molecule has 2 rings (SSSR count). The number of benzene rings is 1. The lowest BCUT2D eigenvalue weighted by Gasteiger charge is -2.26. The van der Waals surface area contributed by atoms with Gasteiger partial charge in [0, 0.05) is 5.82 Å². The third-order valence-corrected chi connectivity index (χ3v) is 2.67. The SMILES string of the molecule is C=C(O)c1cccc2c1OB(O)[C@H](C)C2. The van der Waals surface area contributed by atoms with E-state index in [0.717, 1.165) is 12.0 Å². The first-order chi connectivity index (χ1) is 7.09. The van der Waals surface area contributed by atoms with Gasteiger partial charge in [0.15, 0.2) is 0 Å². The number of hydrogen-bond donors (Lipinski definition) is 2. The minimum Gasteiger partial charge on any atom is -0.535 e. The molecule has 1 aliphatic heterocycles.